The summed E-state index contributed by atoms with van der Waals surface area (Å²) in [6, 6.07) is 0.332. The van der Waals surface area contributed by atoms with Crippen LogP contribution in [0.4, 0.5) is 0 Å². The van der Waals surface area contributed by atoms with E-state index in [2.05, 4.69) is 10.6 Å². The number of hydrogen-bond donors (Lipinski definition) is 3. The average Bonchev–Trinajstić information content (AvgIpc) is 3.54. The van der Waals surface area contributed by atoms with Crippen LogP contribution in [0.15, 0.2) is 12.1 Å². The largest absolute Gasteiger partial charge is 0.507 e. The van der Waals surface area contributed by atoms with Crippen LogP contribution in [-0.4, -0.2) is 81.8 Å². The number of carbonyl (C=O) groups is 5. The van der Waals surface area contributed by atoms with Crippen LogP contribution >= 0.6 is 0 Å². The van der Waals surface area contributed by atoms with E-state index in [0.29, 0.717) is 24.0 Å². The van der Waals surface area contributed by atoms with Crippen molar-refractivity contribution in [2.24, 2.45) is 0 Å². The number of phenolic OH excluding ortho intramolecular Hbond substituents is 1. The number of hydrazine groups is 1. The highest BCUT2D eigenvalue weighted by atomic mass is 16.7. The molecule has 0 radical (unpaired) electrons. The molecule has 4 fully saturated rings. The maximum Gasteiger partial charge on any atom is 0.310 e. The first kappa shape index (κ1) is 27.9. The number of rotatable bonds is 6. The van der Waals surface area contributed by atoms with Gasteiger partial charge in [0.15, 0.2) is 0 Å². The lowest BCUT2D eigenvalue weighted by Gasteiger charge is -2.43. The molecule has 216 valence electrons. The van der Waals surface area contributed by atoms with Gasteiger partial charge in [-0.05, 0) is 69.2 Å². The third-order valence-electron chi connectivity index (χ3n) is 8.14. The molecule has 12 heteroatoms. The first-order valence-electron chi connectivity index (χ1n) is 14.0. The van der Waals surface area contributed by atoms with E-state index in [1.165, 1.54) is 22.2 Å². The van der Waals surface area contributed by atoms with Crippen LogP contribution in [0.1, 0.15) is 79.3 Å². The molecule has 1 aromatic rings. The predicted octanol–water partition coefficient (Wildman–Crippen LogP) is 1.35. The molecule has 3 saturated heterocycles. The second-order valence-electron chi connectivity index (χ2n) is 11.1. The fraction of sp³-hybridized carbons (Fsp3) is 0.607. The van der Waals surface area contributed by atoms with Gasteiger partial charge in [-0.3, -0.25) is 29.0 Å². The molecule has 0 spiro atoms. The van der Waals surface area contributed by atoms with Crippen LogP contribution in [0.2, 0.25) is 0 Å². The summed E-state index contributed by atoms with van der Waals surface area (Å²) in [6.07, 6.45) is 3.77. The highest BCUT2D eigenvalue weighted by Crippen LogP contribution is 2.29. The monoisotopic (exact) mass is 556 g/mol. The molecule has 1 saturated carbocycles. The van der Waals surface area contributed by atoms with Gasteiger partial charge in [0.05, 0.1) is 12.5 Å². The van der Waals surface area contributed by atoms with E-state index < -0.39 is 48.1 Å². The number of phenols is 1. The van der Waals surface area contributed by atoms with Crippen molar-refractivity contribution in [3.05, 3.63) is 28.8 Å². The van der Waals surface area contributed by atoms with Crippen LogP contribution in [-0.2, 0) is 28.7 Å². The van der Waals surface area contributed by atoms with Crippen molar-refractivity contribution >= 4 is 29.6 Å². The highest BCUT2D eigenvalue weighted by molar-refractivity contribution is 6.00. The molecule has 3 heterocycles. The molecule has 3 N–H and O–H groups in total. The first-order chi connectivity index (χ1) is 19.1. The van der Waals surface area contributed by atoms with Gasteiger partial charge in [0.1, 0.15) is 23.9 Å². The van der Waals surface area contributed by atoms with Gasteiger partial charge in [-0.15, -0.1) is 0 Å². The Balaban J connectivity index is 1.31. The minimum atomic E-state index is -1.03. The van der Waals surface area contributed by atoms with Gasteiger partial charge in [-0.1, -0.05) is 12.8 Å². The number of hydrogen-bond acceptors (Lipinski definition) is 8. The van der Waals surface area contributed by atoms with Crippen molar-refractivity contribution < 1.29 is 38.6 Å². The first-order valence-corrected chi connectivity index (χ1v) is 14.0. The Labute approximate surface area is 232 Å². The lowest BCUT2D eigenvalue weighted by molar-refractivity contribution is -0.180. The Kier molecular flexibility index (Phi) is 7.97. The predicted molar refractivity (Wildman–Crippen MR) is 139 cm³/mol. The maximum atomic E-state index is 13.8. The summed E-state index contributed by atoms with van der Waals surface area (Å²) in [5.41, 5.74) is 1.33. The topological polar surface area (TPSA) is 155 Å². The number of esters is 1. The van der Waals surface area contributed by atoms with E-state index in [0.717, 1.165) is 25.7 Å². The van der Waals surface area contributed by atoms with Crippen molar-refractivity contribution in [3.63, 3.8) is 0 Å². The average molecular weight is 557 g/mol. The van der Waals surface area contributed by atoms with Crippen LogP contribution in [0.5, 0.6) is 5.75 Å². The molecule has 40 heavy (non-hydrogen) atoms. The van der Waals surface area contributed by atoms with Gasteiger partial charge >= 0.3 is 5.97 Å². The molecule has 4 atom stereocenters. The summed E-state index contributed by atoms with van der Waals surface area (Å²) in [4.78, 5) is 65.5. The van der Waals surface area contributed by atoms with Crippen LogP contribution in [0, 0.1) is 13.8 Å². The maximum absolute atomic E-state index is 13.8. The lowest BCUT2D eigenvalue weighted by Crippen LogP contribution is -2.64. The van der Waals surface area contributed by atoms with Crippen LogP contribution < -0.4 is 10.6 Å². The minimum absolute atomic E-state index is 0.0252. The molecule has 12 nitrogen and oxygen atoms in total. The summed E-state index contributed by atoms with van der Waals surface area (Å²) in [5, 5.41) is 18.1. The fourth-order valence-electron chi connectivity index (χ4n) is 6.01. The molecule has 0 aromatic heterocycles. The number of benzene rings is 1. The van der Waals surface area contributed by atoms with E-state index in [4.69, 9.17) is 9.47 Å². The Morgan fingerprint density at radius 3 is 2.40 bits per heavy atom. The normalized spacial score (nSPS) is 27.3. The van der Waals surface area contributed by atoms with Gasteiger partial charge in [-0.2, -0.15) is 0 Å². The van der Waals surface area contributed by atoms with E-state index in [-0.39, 0.29) is 49.1 Å². The summed E-state index contributed by atoms with van der Waals surface area (Å²) in [7, 11) is 0. The third kappa shape index (κ3) is 5.63. The van der Waals surface area contributed by atoms with Gasteiger partial charge < -0.3 is 25.2 Å². The molecule has 3 aliphatic heterocycles. The van der Waals surface area contributed by atoms with Crippen molar-refractivity contribution in [1.29, 1.82) is 0 Å². The zero-order chi connectivity index (χ0) is 28.6. The summed E-state index contributed by atoms with van der Waals surface area (Å²) < 4.78 is 11.3. The van der Waals surface area contributed by atoms with Crippen LogP contribution in [0.3, 0.4) is 0 Å². The van der Waals surface area contributed by atoms with E-state index in [1.807, 2.05) is 0 Å². The number of aromatic hydroxyl groups is 1. The van der Waals surface area contributed by atoms with Crippen LogP contribution in [0.25, 0.3) is 0 Å². The lowest BCUT2D eigenvalue weighted by atomic mass is 10.0. The molecule has 1 aromatic carbocycles. The minimum Gasteiger partial charge on any atom is -0.507 e. The number of ether oxygens (including phenoxy) is 2. The van der Waals surface area contributed by atoms with Crippen molar-refractivity contribution in [3.8, 4) is 5.75 Å². The second-order valence-corrected chi connectivity index (χ2v) is 11.1. The summed E-state index contributed by atoms with van der Waals surface area (Å²) >= 11 is 0. The highest BCUT2D eigenvalue weighted by Gasteiger charge is 2.46. The van der Waals surface area contributed by atoms with Gasteiger partial charge in [0, 0.05) is 18.5 Å². The van der Waals surface area contributed by atoms with Crippen molar-refractivity contribution in [1.82, 2.24) is 20.7 Å². The van der Waals surface area contributed by atoms with E-state index in [9.17, 15) is 29.1 Å². The Morgan fingerprint density at radius 1 is 1.00 bits per heavy atom. The smallest absolute Gasteiger partial charge is 0.310 e. The molecule has 1 aliphatic carbocycles. The van der Waals surface area contributed by atoms with Crippen molar-refractivity contribution in [2.75, 3.05) is 6.54 Å². The number of nitrogens with one attached hydrogen (secondary N) is 2. The Hall–Kier alpha value is -3.67. The number of carbonyl (C=O) groups excluding carboxylic acids is 5. The molecule has 5 rings (SSSR count). The summed E-state index contributed by atoms with van der Waals surface area (Å²) in [5.74, 6) is -2.26. The SMILES string of the molecule is Cc1cc(C(=O)NC2CCC(=O)N3CCCC(C(=O)NC4CC(=O)OC4OC4CCCC4)N3C2=O)cc(C)c1O. The van der Waals surface area contributed by atoms with Crippen molar-refractivity contribution in [2.45, 2.75) is 102 Å². The molecule has 4 aliphatic rings. The zero-order valence-corrected chi connectivity index (χ0v) is 22.8. The second kappa shape index (κ2) is 11.4. The Morgan fingerprint density at radius 2 is 1.70 bits per heavy atom. The quantitative estimate of drug-likeness (QED) is 0.444. The van der Waals surface area contributed by atoms with Gasteiger partial charge in [-0.25, -0.2) is 5.01 Å². The standard InChI is InChI=1S/C28H36N4O8/c1-15-12-17(13-16(2)24(15)35)25(36)29-19-9-10-22(33)31-11-5-8-21(32(31)27(19)38)26(37)30-20-14-23(34)40-28(20)39-18-6-3-4-7-18/h12-13,18-21,28,35H,3-11,14H2,1-2H3,(H,29,36)(H,30,37). The molecule has 4 amide bonds. The summed E-state index contributed by atoms with van der Waals surface area (Å²) in [6.45, 7) is 3.63. The van der Waals surface area contributed by atoms with Gasteiger partial charge in [0.2, 0.25) is 18.1 Å². The number of fused-ring (bicyclic) bond motifs is 1. The third-order valence-corrected chi connectivity index (χ3v) is 8.14. The number of aryl methyl sites for hydroxylation is 2. The Bertz CT molecular complexity index is 1190. The van der Waals surface area contributed by atoms with Gasteiger partial charge in [0.25, 0.3) is 11.8 Å². The number of nitrogens with zero attached hydrogens (tertiary/aromatic N) is 2. The molecular formula is C28H36N4O8. The zero-order valence-electron chi connectivity index (χ0n) is 22.8. The molecular weight excluding hydrogens is 520 g/mol. The molecule has 4 unspecified atom stereocenters. The number of amides is 4. The number of cyclic esters (lactones) is 1. The van der Waals surface area contributed by atoms with E-state index >= 15 is 0 Å². The fourth-order valence-corrected chi connectivity index (χ4v) is 6.01. The van der Waals surface area contributed by atoms with E-state index in [1.54, 1.807) is 13.8 Å². The molecule has 0 bridgehead atoms.